The first-order chi connectivity index (χ1) is 7.65. The first-order valence-corrected chi connectivity index (χ1v) is 5.70. The first kappa shape index (κ1) is 12.7. The van der Waals surface area contributed by atoms with E-state index < -0.39 is 0 Å². The van der Waals surface area contributed by atoms with E-state index in [0.717, 1.165) is 19.3 Å². The van der Waals surface area contributed by atoms with Gasteiger partial charge in [0.25, 0.3) is 0 Å². The highest BCUT2D eigenvalue weighted by Crippen LogP contribution is 2.19. The van der Waals surface area contributed by atoms with E-state index in [1.807, 2.05) is 6.08 Å². The molecule has 0 radical (unpaired) electrons. The van der Waals surface area contributed by atoms with Crippen molar-refractivity contribution < 1.29 is 14.3 Å². The van der Waals surface area contributed by atoms with Crippen LogP contribution in [0.3, 0.4) is 0 Å². The highest BCUT2D eigenvalue weighted by Gasteiger charge is 2.23. The molecule has 1 rings (SSSR count). The number of hydrogen-bond acceptors (Lipinski definition) is 3. The van der Waals surface area contributed by atoms with E-state index in [1.54, 1.807) is 14.0 Å². The summed E-state index contributed by atoms with van der Waals surface area (Å²) in [5, 5.41) is 0. The molecule has 0 aromatic heterocycles. The van der Waals surface area contributed by atoms with Crippen LogP contribution in [0.4, 0.5) is 0 Å². The van der Waals surface area contributed by atoms with Crippen LogP contribution in [-0.2, 0) is 14.3 Å². The number of rotatable bonds is 4. The van der Waals surface area contributed by atoms with Crippen molar-refractivity contribution in [1.29, 1.82) is 0 Å². The second kappa shape index (κ2) is 6.30. The summed E-state index contributed by atoms with van der Waals surface area (Å²) in [6, 6.07) is 0. The van der Waals surface area contributed by atoms with Crippen molar-refractivity contribution in [2.24, 2.45) is 5.92 Å². The lowest BCUT2D eigenvalue weighted by atomic mass is 9.93. The molecule has 0 fully saturated rings. The molecule has 0 spiro atoms. The Morgan fingerprint density at radius 1 is 1.44 bits per heavy atom. The fourth-order valence-electron chi connectivity index (χ4n) is 1.81. The zero-order valence-corrected chi connectivity index (χ0v) is 9.94. The minimum atomic E-state index is -0.343. The zero-order chi connectivity index (χ0) is 12.0. The monoisotopic (exact) mass is 225 g/mol. The zero-order valence-electron chi connectivity index (χ0n) is 9.94. The molecule has 0 aliphatic heterocycles. The maximum Gasteiger partial charge on any atom is 0.325 e. The number of carbonyl (C=O) groups is 2. The summed E-state index contributed by atoms with van der Waals surface area (Å²) < 4.78 is 4.80. The maximum atomic E-state index is 11.9. The number of esters is 1. The smallest absolute Gasteiger partial charge is 0.325 e. The molecule has 1 amide bonds. The Kier molecular flexibility index (Phi) is 5.02. The largest absolute Gasteiger partial charge is 0.465 e. The Bertz CT molecular complexity index is 286. The van der Waals surface area contributed by atoms with Gasteiger partial charge in [0, 0.05) is 13.0 Å². The quantitative estimate of drug-likeness (QED) is 0.536. The van der Waals surface area contributed by atoms with E-state index >= 15 is 0 Å². The number of carbonyl (C=O) groups excluding carboxylic acids is 2. The third kappa shape index (κ3) is 3.68. The van der Waals surface area contributed by atoms with E-state index in [-0.39, 0.29) is 24.3 Å². The molecule has 1 unspecified atom stereocenters. The fourth-order valence-corrected chi connectivity index (χ4v) is 1.81. The van der Waals surface area contributed by atoms with Crippen molar-refractivity contribution in [3.63, 3.8) is 0 Å². The van der Waals surface area contributed by atoms with Gasteiger partial charge in [-0.3, -0.25) is 9.59 Å². The molecule has 1 aliphatic rings. The second-order valence-corrected chi connectivity index (χ2v) is 3.98. The van der Waals surface area contributed by atoms with Gasteiger partial charge >= 0.3 is 5.97 Å². The summed E-state index contributed by atoms with van der Waals surface area (Å²) in [7, 11) is 1.65. The van der Waals surface area contributed by atoms with Crippen molar-refractivity contribution in [3.05, 3.63) is 12.2 Å². The normalized spacial score (nSPS) is 19.2. The molecule has 1 atom stereocenters. The van der Waals surface area contributed by atoms with Gasteiger partial charge in [0.1, 0.15) is 6.54 Å². The van der Waals surface area contributed by atoms with Crippen LogP contribution in [0, 0.1) is 5.92 Å². The molecule has 0 saturated carbocycles. The highest BCUT2D eigenvalue weighted by molar-refractivity contribution is 5.83. The Morgan fingerprint density at radius 2 is 2.19 bits per heavy atom. The molecule has 16 heavy (non-hydrogen) atoms. The van der Waals surface area contributed by atoms with E-state index in [1.165, 1.54) is 4.90 Å². The van der Waals surface area contributed by atoms with Crippen molar-refractivity contribution in [2.45, 2.75) is 26.2 Å². The van der Waals surface area contributed by atoms with Gasteiger partial charge in [-0.1, -0.05) is 12.2 Å². The van der Waals surface area contributed by atoms with Gasteiger partial charge in [-0.25, -0.2) is 0 Å². The van der Waals surface area contributed by atoms with Gasteiger partial charge in [0.05, 0.1) is 6.61 Å². The summed E-state index contributed by atoms with van der Waals surface area (Å²) in [5.74, 6) is -0.272. The van der Waals surface area contributed by atoms with Crippen LogP contribution in [0.5, 0.6) is 0 Å². The van der Waals surface area contributed by atoms with Crippen LogP contribution < -0.4 is 0 Å². The lowest BCUT2D eigenvalue weighted by molar-refractivity contribution is -0.149. The molecule has 4 heteroatoms. The predicted octanol–water partition coefficient (Wildman–Crippen LogP) is 1.36. The Morgan fingerprint density at radius 3 is 2.75 bits per heavy atom. The van der Waals surface area contributed by atoms with Crippen molar-refractivity contribution in [3.8, 4) is 0 Å². The van der Waals surface area contributed by atoms with E-state index in [4.69, 9.17) is 4.74 Å². The van der Waals surface area contributed by atoms with E-state index in [0.29, 0.717) is 6.61 Å². The number of hydrogen-bond donors (Lipinski definition) is 0. The summed E-state index contributed by atoms with van der Waals surface area (Å²) in [6.45, 7) is 2.16. The third-order valence-corrected chi connectivity index (χ3v) is 2.67. The van der Waals surface area contributed by atoms with Crippen molar-refractivity contribution >= 4 is 11.9 Å². The van der Waals surface area contributed by atoms with Gasteiger partial charge in [0.15, 0.2) is 0 Å². The summed E-state index contributed by atoms with van der Waals surface area (Å²) in [5.41, 5.74) is 0. The average Bonchev–Trinajstić information content (AvgIpc) is 2.29. The Hall–Kier alpha value is -1.32. The summed E-state index contributed by atoms with van der Waals surface area (Å²) >= 11 is 0. The minimum absolute atomic E-state index is 0.0319. The van der Waals surface area contributed by atoms with Crippen LogP contribution >= 0.6 is 0 Å². The molecule has 0 heterocycles. The summed E-state index contributed by atoms with van der Waals surface area (Å²) in [6.07, 6.45) is 6.73. The van der Waals surface area contributed by atoms with E-state index in [2.05, 4.69) is 6.08 Å². The number of ether oxygens (including phenoxy) is 1. The molecule has 0 aromatic rings. The van der Waals surface area contributed by atoms with Crippen molar-refractivity contribution in [2.75, 3.05) is 20.2 Å². The average molecular weight is 225 g/mol. The van der Waals surface area contributed by atoms with Gasteiger partial charge in [-0.05, 0) is 26.2 Å². The summed E-state index contributed by atoms with van der Waals surface area (Å²) in [4.78, 5) is 24.6. The number of nitrogens with zero attached hydrogens (tertiary/aromatic N) is 1. The molecular weight excluding hydrogens is 206 g/mol. The van der Waals surface area contributed by atoms with Crippen LogP contribution in [0.25, 0.3) is 0 Å². The highest BCUT2D eigenvalue weighted by atomic mass is 16.5. The fraction of sp³-hybridized carbons (Fsp3) is 0.667. The SMILES string of the molecule is CCOC(=O)CN(C)C(=O)C1CC=CCC1. The Labute approximate surface area is 96.3 Å². The first-order valence-electron chi connectivity index (χ1n) is 5.70. The van der Waals surface area contributed by atoms with Gasteiger partial charge in [-0.2, -0.15) is 0 Å². The van der Waals surface area contributed by atoms with Crippen LogP contribution in [0.1, 0.15) is 26.2 Å². The number of likely N-dealkylation sites (N-methyl/N-ethyl adjacent to an activating group) is 1. The van der Waals surface area contributed by atoms with Gasteiger partial charge in [0.2, 0.25) is 5.91 Å². The molecule has 90 valence electrons. The maximum absolute atomic E-state index is 11.9. The molecule has 4 nitrogen and oxygen atoms in total. The molecule has 1 aliphatic carbocycles. The lowest BCUT2D eigenvalue weighted by Gasteiger charge is -2.23. The van der Waals surface area contributed by atoms with Gasteiger partial charge < -0.3 is 9.64 Å². The van der Waals surface area contributed by atoms with E-state index in [9.17, 15) is 9.59 Å². The molecule has 0 N–H and O–H groups in total. The predicted molar refractivity (Wildman–Crippen MR) is 60.8 cm³/mol. The Balaban J connectivity index is 2.40. The standard InChI is InChI=1S/C12H19NO3/c1-3-16-11(14)9-13(2)12(15)10-7-5-4-6-8-10/h4-5,10H,3,6-9H2,1-2H3. The van der Waals surface area contributed by atoms with Crippen molar-refractivity contribution in [1.82, 2.24) is 4.90 Å². The molecule has 0 bridgehead atoms. The minimum Gasteiger partial charge on any atom is -0.465 e. The molecule has 0 saturated heterocycles. The lowest BCUT2D eigenvalue weighted by Crippen LogP contribution is -2.37. The third-order valence-electron chi connectivity index (χ3n) is 2.67. The molecule has 0 aromatic carbocycles. The second-order valence-electron chi connectivity index (χ2n) is 3.98. The van der Waals surface area contributed by atoms with Gasteiger partial charge in [-0.15, -0.1) is 0 Å². The van der Waals surface area contributed by atoms with Crippen LogP contribution in [0.15, 0.2) is 12.2 Å². The topological polar surface area (TPSA) is 46.6 Å². The van der Waals surface area contributed by atoms with Crippen LogP contribution in [-0.4, -0.2) is 37.0 Å². The van der Waals surface area contributed by atoms with Crippen LogP contribution in [0.2, 0.25) is 0 Å². The molecular formula is C12H19NO3. The number of allylic oxidation sites excluding steroid dienone is 2. The number of amides is 1.